The molecule has 0 saturated heterocycles. The number of aryl methyl sites for hydroxylation is 1. The Bertz CT molecular complexity index is 855. The molecule has 0 N–H and O–H groups in total. The minimum atomic E-state index is -0.380. The highest BCUT2D eigenvalue weighted by molar-refractivity contribution is 7.99. The van der Waals surface area contributed by atoms with E-state index < -0.39 is 0 Å². The van der Waals surface area contributed by atoms with Gasteiger partial charge in [0.05, 0.1) is 10.7 Å². The van der Waals surface area contributed by atoms with Gasteiger partial charge >= 0.3 is 0 Å². The summed E-state index contributed by atoms with van der Waals surface area (Å²) in [5.41, 5.74) is 2.30. The van der Waals surface area contributed by atoms with Crippen molar-refractivity contribution >= 4 is 35.3 Å². The van der Waals surface area contributed by atoms with Crippen molar-refractivity contribution in [2.24, 2.45) is 4.99 Å². The third-order valence-corrected chi connectivity index (χ3v) is 4.85. The van der Waals surface area contributed by atoms with E-state index in [1.165, 1.54) is 17.8 Å². The molecule has 0 aliphatic heterocycles. The van der Waals surface area contributed by atoms with Crippen LogP contribution in [0.15, 0.2) is 81.5 Å². The molecule has 0 aliphatic carbocycles. The van der Waals surface area contributed by atoms with E-state index in [1.54, 1.807) is 23.9 Å². The predicted molar refractivity (Wildman–Crippen MR) is 100 cm³/mol. The fraction of sp³-hybridized carbons (Fsp3) is 0.0500. The van der Waals surface area contributed by atoms with Crippen LogP contribution in [0.5, 0.6) is 0 Å². The van der Waals surface area contributed by atoms with Gasteiger partial charge in [-0.2, -0.15) is 0 Å². The fourth-order valence-corrected chi connectivity index (χ4v) is 3.26. The number of nitrogens with zero attached hydrogens (tertiary/aromatic N) is 1. The molecule has 0 heterocycles. The zero-order valence-corrected chi connectivity index (χ0v) is 14.6. The summed E-state index contributed by atoms with van der Waals surface area (Å²) in [4.78, 5) is 6.58. The van der Waals surface area contributed by atoms with E-state index in [9.17, 15) is 4.39 Å². The van der Waals surface area contributed by atoms with Crippen LogP contribution in [0.25, 0.3) is 0 Å². The molecule has 0 atom stereocenters. The molecule has 0 spiro atoms. The molecule has 0 amide bonds. The van der Waals surface area contributed by atoms with Crippen LogP contribution in [0, 0.1) is 12.7 Å². The average molecular weight is 356 g/mol. The molecule has 3 rings (SSSR count). The molecule has 0 radical (unpaired) electrons. The highest BCUT2D eigenvalue weighted by Gasteiger charge is 2.06. The normalized spacial score (nSPS) is 11.1. The van der Waals surface area contributed by atoms with Crippen LogP contribution in [-0.4, -0.2) is 6.21 Å². The van der Waals surface area contributed by atoms with Gasteiger partial charge in [0, 0.05) is 21.6 Å². The SMILES string of the molecule is Cc1ccc(Sc2ccccc2N=Cc2c(F)cccc2Cl)cc1. The smallest absolute Gasteiger partial charge is 0.133 e. The Morgan fingerprint density at radius 1 is 0.958 bits per heavy atom. The summed E-state index contributed by atoms with van der Waals surface area (Å²) in [6.07, 6.45) is 1.48. The second-order valence-electron chi connectivity index (χ2n) is 5.28. The molecular formula is C20H15ClFNS. The van der Waals surface area contributed by atoms with Gasteiger partial charge in [0.25, 0.3) is 0 Å². The van der Waals surface area contributed by atoms with Crippen LogP contribution >= 0.6 is 23.4 Å². The van der Waals surface area contributed by atoms with Crippen molar-refractivity contribution in [2.75, 3.05) is 0 Å². The minimum absolute atomic E-state index is 0.300. The second-order valence-corrected chi connectivity index (χ2v) is 6.80. The van der Waals surface area contributed by atoms with E-state index in [-0.39, 0.29) is 5.82 Å². The van der Waals surface area contributed by atoms with Crippen molar-refractivity contribution in [2.45, 2.75) is 16.7 Å². The molecule has 4 heteroatoms. The highest BCUT2D eigenvalue weighted by Crippen LogP contribution is 2.35. The number of rotatable bonds is 4. The lowest BCUT2D eigenvalue weighted by molar-refractivity contribution is 0.626. The third-order valence-electron chi connectivity index (χ3n) is 3.45. The summed E-state index contributed by atoms with van der Waals surface area (Å²) in [5, 5.41) is 0.349. The summed E-state index contributed by atoms with van der Waals surface area (Å²) in [6.45, 7) is 2.06. The predicted octanol–water partition coefficient (Wildman–Crippen LogP) is 6.69. The van der Waals surface area contributed by atoms with Crippen molar-refractivity contribution in [3.8, 4) is 0 Å². The van der Waals surface area contributed by atoms with Gasteiger partial charge in [-0.05, 0) is 43.3 Å². The van der Waals surface area contributed by atoms with Crippen LogP contribution in [-0.2, 0) is 0 Å². The zero-order chi connectivity index (χ0) is 16.9. The van der Waals surface area contributed by atoms with Crippen LogP contribution in [0.2, 0.25) is 5.02 Å². The van der Waals surface area contributed by atoms with E-state index in [4.69, 9.17) is 11.6 Å². The molecule has 0 aliphatic rings. The Morgan fingerprint density at radius 2 is 1.71 bits per heavy atom. The van der Waals surface area contributed by atoms with Gasteiger partial charge < -0.3 is 0 Å². The van der Waals surface area contributed by atoms with E-state index in [1.807, 2.05) is 24.3 Å². The van der Waals surface area contributed by atoms with Gasteiger partial charge in [0.15, 0.2) is 0 Å². The Morgan fingerprint density at radius 3 is 2.46 bits per heavy atom. The van der Waals surface area contributed by atoms with Gasteiger partial charge in [-0.1, -0.05) is 59.3 Å². The summed E-state index contributed by atoms with van der Waals surface area (Å²) in [6, 6.07) is 20.7. The first-order valence-electron chi connectivity index (χ1n) is 7.45. The molecule has 1 nitrogen and oxygen atoms in total. The van der Waals surface area contributed by atoms with Gasteiger partial charge in [-0.3, -0.25) is 4.99 Å². The van der Waals surface area contributed by atoms with E-state index in [0.29, 0.717) is 10.6 Å². The van der Waals surface area contributed by atoms with Crippen molar-refractivity contribution in [1.82, 2.24) is 0 Å². The molecule has 0 unspecified atom stereocenters. The lowest BCUT2D eigenvalue weighted by Gasteiger charge is -2.06. The van der Waals surface area contributed by atoms with Crippen molar-refractivity contribution < 1.29 is 4.39 Å². The molecule has 3 aromatic rings. The van der Waals surface area contributed by atoms with Gasteiger partial charge in [-0.15, -0.1) is 0 Å². The lowest BCUT2D eigenvalue weighted by Crippen LogP contribution is -1.89. The maximum absolute atomic E-state index is 13.9. The largest absolute Gasteiger partial charge is 0.255 e. The Kier molecular flexibility index (Phi) is 5.34. The Hall–Kier alpha value is -2.10. The van der Waals surface area contributed by atoms with Crippen LogP contribution in [0.3, 0.4) is 0 Å². The first kappa shape index (κ1) is 16.7. The van der Waals surface area contributed by atoms with Crippen molar-refractivity contribution in [3.63, 3.8) is 0 Å². The molecule has 0 saturated carbocycles. The molecule has 24 heavy (non-hydrogen) atoms. The average Bonchev–Trinajstić information content (AvgIpc) is 2.58. The molecule has 0 bridgehead atoms. The Labute approximate surface area is 150 Å². The standard InChI is InChI=1S/C20H15ClFNS/c1-14-9-11-15(12-10-14)24-20-8-3-2-7-19(20)23-13-16-17(21)5-4-6-18(16)22/h2-13H,1H3. The van der Waals surface area contributed by atoms with Crippen LogP contribution in [0.1, 0.15) is 11.1 Å². The van der Waals surface area contributed by atoms with Gasteiger partial charge in [0.2, 0.25) is 0 Å². The Balaban J connectivity index is 1.89. The number of aliphatic imine (C=N–C) groups is 1. The summed E-state index contributed by atoms with van der Waals surface area (Å²) in [7, 11) is 0. The maximum atomic E-state index is 13.9. The van der Waals surface area contributed by atoms with E-state index in [0.717, 1.165) is 15.5 Å². The first-order chi connectivity index (χ1) is 11.6. The molecule has 0 aromatic heterocycles. The summed E-state index contributed by atoms with van der Waals surface area (Å²) < 4.78 is 13.9. The monoisotopic (exact) mass is 355 g/mol. The number of hydrogen-bond donors (Lipinski definition) is 0. The minimum Gasteiger partial charge on any atom is -0.255 e. The zero-order valence-electron chi connectivity index (χ0n) is 13.0. The van der Waals surface area contributed by atoms with Crippen molar-refractivity contribution in [3.05, 3.63) is 88.7 Å². The van der Waals surface area contributed by atoms with Crippen LogP contribution in [0.4, 0.5) is 10.1 Å². The topological polar surface area (TPSA) is 12.4 Å². The quantitative estimate of drug-likeness (QED) is 0.475. The van der Waals surface area contributed by atoms with Crippen LogP contribution < -0.4 is 0 Å². The fourth-order valence-electron chi connectivity index (χ4n) is 2.15. The van der Waals surface area contributed by atoms with E-state index >= 15 is 0 Å². The third kappa shape index (κ3) is 4.05. The van der Waals surface area contributed by atoms with Gasteiger partial charge in [0.1, 0.15) is 5.82 Å². The molecule has 120 valence electrons. The number of para-hydroxylation sites is 1. The number of benzene rings is 3. The molecule has 0 fully saturated rings. The molecule has 3 aromatic carbocycles. The van der Waals surface area contributed by atoms with Gasteiger partial charge in [-0.25, -0.2) is 4.39 Å². The number of halogens is 2. The maximum Gasteiger partial charge on any atom is 0.133 e. The summed E-state index contributed by atoms with van der Waals surface area (Å²) >= 11 is 7.67. The summed E-state index contributed by atoms with van der Waals surface area (Å²) in [5.74, 6) is -0.380. The first-order valence-corrected chi connectivity index (χ1v) is 8.64. The lowest BCUT2D eigenvalue weighted by atomic mass is 10.2. The second kappa shape index (κ2) is 7.65. The van der Waals surface area contributed by atoms with E-state index in [2.05, 4.69) is 36.2 Å². The number of hydrogen-bond acceptors (Lipinski definition) is 2. The van der Waals surface area contributed by atoms with Crippen molar-refractivity contribution in [1.29, 1.82) is 0 Å². The highest BCUT2D eigenvalue weighted by atomic mass is 35.5. The molecular weight excluding hydrogens is 341 g/mol.